The molecule has 3 atom stereocenters. The molecule has 0 saturated carbocycles. The van der Waals surface area contributed by atoms with Crippen LogP contribution in [0.5, 0.6) is 0 Å². The summed E-state index contributed by atoms with van der Waals surface area (Å²) in [4.78, 5) is 45.7. The molecular weight excluding hydrogens is 685 g/mol. The second kappa shape index (κ2) is 35.2. The minimum absolute atomic E-state index is 0.105. The van der Waals surface area contributed by atoms with E-state index in [0.29, 0.717) is 12.8 Å². The van der Waals surface area contributed by atoms with Gasteiger partial charge in [-0.15, -0.1) is 0 Å². The fourth-order valence-corrected chi connectivity index (χ4v) is 5.47. The number of aliphatic carboxylic acids is 1. The number of carbonyl (C=O) groups is 3. The number of hydrogen-bond acceptors (Lipinski definition) is 9. The predicted molar refractivity (Wildman–Crippen MR) is 208 cm³/mol. The molecule has 0 radical (unpaired) electrons. The lowest BCUT2D eigenvalue weighted by Gasteiger charge is -2.20. The number of unbranched alkanes of at least 4 members (excludes halogenated alkanes) is 11. The Bertz CT molecular complexity index is 1120. The highest BCUT2D eigenvalue weighted by atomic mass is 31.2. The fraction of sp³-hybridized carbons (Fsp3) is 0.675. The molecule has 0 aromatic heterocycles. The fourth-order valence-electron chi connectivity index (χ4n) is 4.70. The van der Waals surface area contributed by atoms with Crippen molar-refractivity contribution in [1.29, 1.82) is 0 Å². The molecule has 0 aliphatic heterocycles. The van der Waals surface area contributed by atoms with E-state index in [-0.39, 0.29) is 19.4 Å². The molecule has 0 rings (SSSR count). The summed E-state index contributed by atoms with van der Waals surface area (Å²) in [7, 11) is -4.73. The number of rotatable bonds is 35. The van der Waals surface area contributed by atoms with Crippen LogP contribution >= 0.6 is 7.82 Å². The van der Waals surface area contributed by atoms with E-state index in [2.05, 4.69) is 79.1 Å². The maximum atomic E-state index is 12.6. The normalized spacial score (nSPS) is 14.5. The number of hydrogen-bond donors (Lipinski definition) is 3. The van der Waals surface area contributed by atoms with Gasteiger partial charge in [0.2, 0.25) is 0 Å². The number of nitrogens with two attached hydrogens (primary N) is 1. The van der Waals surface area contributed by atoms with Gasteiger partial charge in [0.05, 0.1) is 13.2 Å². The molecule has 298 valence electrons. The quantitative estimate of drug-likeness (QED) is 0.0244. The molecule has 4 N–H and O–H groups in total. The molecule has 0 amide bonds. The van der Waals surface area contributed by atoms with Gasteiger partial charge in [-0.05, 0) is 77.0 Å². The summed E-state index contributed by atoms with van der Waals surface area (Å²) in [5, 5.41) is 8.86. The van der Waals surface area contributed by atoms with Crippen molar-refractivity contribution in [2.75, 3.05) is 19.8 Å². The van der Waals surface area contributed by atoms with Crippen LogP contribution in [0.4, 0.5) is 0 Å². The minimum atomic E-state index is -4.73. The van der Waals surface area contributed by atoms with Crippen LogP contribution in [0.2, 0.25) is 0 Å². The first-order valence-corrected chi connectivity index (χ1v) is 20.8. The number of ether oxygens (including phenoxy) is 2. The lowest BCUT2D eigenvalue weighted by atomic mass is 10.1. The summed E-state index contributed by atoms with van der Waals surface area (Å²) in [6.07, 6.45) is 38.7. The standard InChI is InChI=1S/C40H68NO10P/c1-3-5-7-9-11-13-15-17-18-20-22-24-26-28-30-32-39(43)51-36(34-49-52(46,47)50-35-37(41)40(44)45)33-48-38(42)31-29-27-25-23-21-19-16-14-12-10-8-6-4-2/h5,7,11,13-14,16-18,22,24,36-37H,3-4,6,8-10,12,15,19-21,23,25-35,41H2,1-2H3,(H,44,45)(H,46,47)/b7-5+,13-11+,16-14+,18-17+,24-22+/t36-,37+/m1/s1. The average molecular weight is 754 g/mol. The van der Waals surface area contributed by atoms with Crippen LogP contribution in [0, 0.1) is 0 Å². The van der Waals surface area contributed by atoms with Gasteiger partial charge in [0.15, 0.2) is 6.10 Å². The molecule has 0 bridgehead atoms. The van der Waals surface area contributed by atoms with E-state index in [1.165, 1.54) is 25.7 Å². The smallest absolute Gasteiger partial charge is 0.472 e. The second-order valence-electron chi connectivity index (χ2n) is 12.7. The summed E-state index contributed by atoms with van der Waals surface area (Å²) in [5.41, 5.74) is 5.31. The highest BCUT2D eigenvalue weighted by molar-refractivity contribution is 7.47. The Kier molecular flexibility index (Phi) is 33.3. The van der Waals surface area contributed by atoms with Crippen molar-refractivity contribution in [1.82, 2.24) is 0 Å². The van der Waals surface area contributed by atoms with Crippen molar-refractivity contribution in [3.8, 4) is 0 Å². The zero-order valence-electron chi connectivity index (χ0n) is 31.9. The molecule has 0 aliphatic rings. The lowest BCUT2D eigenvalue weighted by molar-refractivity contribution is -0.161. The third kappa shape index (κ3) is 34.3. The molecule has 11 nitrogen and oxygen atoms in total. The van der Waals surface area contributed by atoms with Crippen molar-refractivity contribution < 1.29 is 47.5 Å². The molecule has 0 aromatic carbocycles. The van der Waals surface area contributed by atoms with Gasteiger partial charge in [0.1, 0.15) is 12.6 Å². The van der Waals surface area contributed by atoms with Gasteiger partial charge in [-0.2, -0.15) is 0 Å². The average Bonchev–Trinajstić information content (AvgIpc) is 3.12. The second-order valence-corrected chi connectivity index (χ2v) is 14.1. The van der Waals surface area contributed by atoms with Crippen molar-refractivity contribution >= 4 is 25.7 Å². The minimum Gasteiger partial charge on any atom is -0.480 e. The Morgan fingerprint density at radius 1 is 0.615 bits per heavy atom. The Balaban J connectivity index is 4.54. The summed E-state index contributed by atoms with van der Waals surface area (Å²) >= 11 is 0. The first kappa shape index (κ1) is 49.2. The topological polar surface area (TPSA) is 172 Å². The zero-order valence-corrected chi connectivity index (χ0v) is 32.8. The molecule has 12 heteroatoms. The number of allylic oxidation sites excluding steroid dienone is 10. The van der Waals surface area contributed by atoms with Gasteiger partial charge in [0, 0.05) is 12.8 Å². The molecule has 0 heterocycles. The Morgan fingerprint density at radius 3 is 1.67 bits per heavy atom. The highest BCUT2D eigenvalue weighted by Gasteiger charge is 2.28. The van der Waals surface area contributed by atoms with Crippen LogP contribution in [0.1, 0.15) is 142 Å². The summed E-state index contributed by atoms with van der Waals surface area (Å²) in [6, 6.07) is -1.53. The van der Waals surface area contributed by atoms with Crippen LogP contribution in [0.3, 0.4) is 0 Å². The van der Waals surface area contributed by atoms with E-state index in [4.69, 9.17) is 24.8 Å². The van der Waals surface area contributed by atoms with Crippen LogP contribution in [0.25, 0.3) is 0 Å². The van der Waals surface area contributed by atoms with E-state index in [0.717, 1.165) is 77.0 Å². The predicted octanol–water partition coefficient (Wildman–Crippen LogP) is 9.61. The van der Waals surface area contributed by atoms with Gasteiger partial charge in [-0.3, -0.25) is 23.4 Å². The van der Waals surface area contributed by atoms with Gasteiger partial charge < -0.3 is 25.2 Å². The maximum Gasteiger partial charge on any atom is 0.472 e. The van der Waals surface area contributed by atoms with Crippen molar-refractivity contribution in [3.05, 3.63) is 60.8 Å². The van der Waals surface area contributed by atoms with Crippen LogP contribution in [0.15, 0.2) is 60.8 Å². The van der Waals surface area contributed by atoms with Crippen molar-refractivity contribution in [2.45, 2.75) is 154 Å². The number of carboxylic acids is 1. The van der Waals surface area contributed by atoms with E-state index in [1.807, 2.05) is 0 Å². The van der Waals surface area contributed by atoms with Crippen LogP contribution in [-0.2, 0) is 37.5 Å². The number of phosphoric ester groups is 1. The molecular formula is C40H68NO10P. The molecule has 0 spiro atoms. The number of phosphoric acid groups is 1. The molecule has 0 aliphatic carbocycles. The van der Waals surface area contributed by atoms with E-state index >= 15 is 0 Å². The summed E-state index contributed by atoms with van der Waals surface area (Å²) in [5.74, 6) is -2.45. The molecule has 0 saturated heterocycles. The van der Waals surface area contributed by atoms with E-state index in [9.17, 15) is 23.8 Å². The van der Waals surface area contributed by atoms with Crippen molar-refractivity contribution in [2.24, 2.45) is 5.73 Å². The van der Waals surface area contributed by atoms with Crippen LogP contribution < -0.4 is 5.73 Å². The monoisotopic (exact) mass is 753 g/mol. The zero-order chi connectivity index (χ0) is 38.5. The van der Waals surface area contributed by atoms with Crippen LogP contribution in [-0.4, -0.2) is 59.9 Å². The highest BCUT2D eigenvalue weighted by Crippen LogP contribution is 2.43. The van der Waals surface area contributed by atoms with Crippen molar-refractivity contribution in [3.63, 3.8) is 0 Å². The molecule has 0 fully saturated rings. The Morgan fingerprint density at radius 2 is 1.08 bits per heavy atom. The molecule has 1 unspecified atom stereocenters. The van der Waals surface area contributed by atoms with E-state index in [1.54, 1.807) is 0 Å². The first-order chi connectivity index (χ1) is 25.1. The third-order valence-electron chi connectivity index (χ3n) is 7.75. The summed E-state index contributed by atoms with van der Waals surface area (Å²) in [6.45, 7) is 2.59. The number of carboxylic acid groups (broad SMARTS) is 1. The SMILES string of the molecule is CC/C=C/C/C=C/C/C=C/C/C=C/CCCCC(=O)O[C@H](COC(=O)CCCCCCC/C=C/CCCCCC)COP(=O)(O)OC[C@H](N)C(=O)O. The number of esters is 2. The molecule has 0 aromatic rings. The maximum absolute atomic E-state index is 12.6. The lowest BCUT2D eigenvalue weighted by Crippen LogP contribution is -2.34. The third-order valence-corrected chi connectivity index (χ3v) is 8.70. The largest absolute Gasteiger partial charge is 0.480 e. The first-order valence-electron chi connectivity index (χ1n) is 19.3. The number of carbonyl (C=O) groups excluding carboxylic acids is 2. The summed E-state index contributed by atoms with van der Waals surface area (Å²) < 4.78 is 32.5. The Hall–Kier alpha value is -2.82. The molecule has 52 heavy (non-hydrogen) atoms. The van der Waals surface area contributed by atoms with Gasteiger partial charge in [-0.25, -0.2) is 4.57 Å². The van der Waals surface area contributed by atoms with E-state index < -0.39 is 51.1 Å². The Labute approximate surface area is 313 Å². The van der Waals surface area contributed by atoms with Gasteiger partial charge in [0.25, 0.3) is 0 Å². The van der Waals surface area contributed by atoms with Gasteiger partial charge >= 0.3 is 25.7 Å². The van der Waals surface area contributed by atoms with Gasteiger partial charge in [-0.1, -0.05) is 113 Å².